The molecule has 0 N–H and O–H groups in total. The first-order valence-electron chi connectivity index (χ1n) is 12.4. The number of hydrogen-bond donors (Lipinski definition) is 0. The standard InChI is InChI=1S/C25H44N4P.Al.4ClH/c1-13-25(14-2,15-3)29-27-26-28(30-29)21-19(23(7,8)9)16-18(22(4,5)6)17-20(21)24(10,11)12;;;;;/h16-17H,13-15H2,1-12H3;;4*1H/q+1;+3;;;;/p-4. The van der Waals surface area contributed by atoms with Crippen molar-refractivity contribution in [2.24, 2.45) is 0 Å². The average molecular weight is 600 g/mol. The van der Waals surface area contributed by atoms with Gasteiger partial charge in [-0.2, -0.15) is 0 Å². The molecule has 200 valence electrons. The molecule has 0 radical (unpaired) electrons. The van der Waals surface area contributed by atoms with Crippen molar-refractivity contribution in [3.05, 3.63) is 28.8 Å². The minimum Gasteiger partial charge on any atom is -0.391 e. The van der Waals surface area contributed by atoms with E-state index < -0.39 is 9.39 Å². The zero-order valence-corrected chi connectivity index (χ0v) is 28.7. The van der Waals surface area contributed by atoms with Crippen LogP contribution in [0.2, 0.25) is 0 Å². The molecule has 1 aromatic heterocycles. The van der Waals surface area contributed by atoms with Crippen molar-refractivity contribution in [3.8, 4) is 5.69 Å². The monoisotopic (exact) mass is 598 g/mol. The highest BCUT2D eigenvalue weighted by molar-refractivity contribution is 7.81. The van der Waals surface area contributed by atoms with Crippen LogP contribution in [0.25, 0.3) is 5.69 Å². The molecule has 0 aliphatic carbocycles. The molecule has 0 spiro atoms. The van der Waals surface area contributed by atoms with Gasteiger partial charge in [0.05, 0.1) is 0 Å². The molecule has 0 aliphatic rings. The third-order valence-electron chi connectivity index (χ3n) is 6.57. The van der Waals surface area contributed by atoms with E-state index in [4.69, 9.17) is 45.4 Å². The van der Waals surface area contributed by atoms with Crippen molar-refractivity contribution in [3.63, 3.8) is 0 Å². The fourth-order valence-corrected chi connectivity index (χ4v) is 5.29. The Hall–Kier alpha value is 0.412. The highest BCUT2D eigenvalue weighted by Gasteiger charge is 2.37. The van der Waals surface area contributed by atoms with Crippen LogP contribution in [0.4, 0.5) is 0 Å². The Morgan fingerprint density at radius 3 is 1.43 bits per heavy atom. The Bertz CT molecular complexity index is 930. The number of aromatic nitrogens is 4. The highest BCUT2D eigenvalue weighted by Crippen LogP contribution is 2.40. The topological polar surface area (TPSA) is 34.6 Å². The van der Waals surface area contributed by atoms with E-state index in [-0.39, 0.29) is 21.8 Å². The van der Waals surface area contributed by atoms with Crippen LogP contribution < -0.4 is 4.44 Å². The second kappa shape index (κ2) is 12.1. The lowest BCUT2D eigenvalue weighted by Crippen LogP contribution is -2.54. The Balaban J connectivity index is 0.00000111. The number of nitrogens with zero attached hydrogens (tertiary/aromatic N) is 4. The summed E-state index contributed by atoms with van der Waals surface area (Å²) < 4.78 is 4.33. The molecule has 0 saturated heterocycles. The quantitative estimate of drug-likeness (QED) is 0.321. The summed E-state index contributed by atoms with van der Waals surface area (Å²) in [6.07, 6.45) is 3.21. The lowest BCUT2D eigenvalue weighted by Gasteiger charge is -2.31. The van der Waals surface area contributed by atoms with Crippen LogP contribution in [0.5, 0.6) is 0 Å². The molecule has 0 atom stereocenters. The largest absolute Gasteiger partial charge is 0.564 e. The Morgan fingerprint density at radius 1 is 0.771 bits per heavy atom. The SMILES string of the molecule is CCC(CC)(CC)[n+]1nnn(-c2c(C(C)(C)C)cc(C(C)(C)C)cc2C(C)(C)C)p1.[Cl][Al-]([Cl])([Cl])[Cl]. The van der Waals surface area contributed by atoms with E-state index in [1.54, 1.807) is 0 Å². The zero-order valence-electron chi connectivity index (χ0n) is 23.6. The summed E-state index contributed by atoms with van der Waals surface area (Å²) in [4.78, 5) is 0. The van der Waals surface area contributed by atoms with Crippen LogP contribution in [-0.2, 0) is 21.8 Å². The maximum absolute atomic E-state index is 4.99. The van der Waals surface area contributed by atoms with E-state index in [0.29, 0.717) is 0 Å². The van der Waals surface area contributed by atoms with Gasteiger partial charge in [-0.3, -0.25) is 0 Å². The highest BCUT2D eigenvalue weighted by atomic mass is 35.9. The summed E-state index contributed by atoms with van der Waals surface area (Å²) in [5.74, 6) is 0. The van der Waals surface area contributed by atoms with Gasteiger partial charge in [0.2, 0.25) is 0 Å². The zero-order chi connectivity index (χ0) is 27.6. The van der Waals surface area contributed by atoms with Crippen molar-refractivity contribution in [1.82, 2.24) is 14.9 Å². The average Bonchev–Trinajstić information content (AvgIpc) is 3.16. The Kier molecular flexibility index (Phi) is 11.5. The van der Waals surface area contributed by atoms with Crippen molar-refractivity contribution in [2.75, 3.05) is 0 Å². The summed E-state index contributed by atoms with van der Waals surface area (Å²) in [5.41, 5.74) is 5.49. The summed E-state index contributed by atoms with van der Waals surface area (Å²) >= 11 is 0. The summed E-state index contributed by atoms with van der Waals surface area (Å²) in [5, 5.41) is 9.38. The molecule has 0 amide bonds. The normalized spacial score (nSPS) is 13.7. The molecule has 0 fully saturated rings. The second-order valence-electron chi connectivity index (χ2n) is 12.3. The van der Waals surface area contributed by atoms with Gasteiger partial charge in [0.1, 0.15) is 10.8 Å². The van der Waals surface area contributed by atoms with Gasteiger partial charge >= 0.3 is 17.9 Å². The van der Waals surface area contributed by atoms with E-state index in [0.717, 1.165) is 27.8 Å². The number of hydrogen-bond acceptors (Lipinski definition) is 2. The maximum atomic E-state index is 4.99. The molecule has 1 heterocycles. The molecule has 0 aliphatic heterocycles. The van der Waals surface area contributed by atoms with Crippen molar-refractivity contribution < 1.29 is 4.44 Å². The Morgan fingerprint density at radius 2 is 1.14 bits per heavy atom. The molecule has 0 saturated carbocycles. The van der Waals surface area contributed by atoms with Gasteiger partial charge in [0, 0.05) is 11.1 Å². The minimum absolute atomic E-state index is 0.00636. The van der Waals surface area contributed by atoms with Crippen LogP contribution in [0, 0.1) is 0 Å². The van der Waals surface area contributed by atoms with Gasteiger partial charge in [0.15, 0.2) is 10.9 Å². The van der Waals surface area contributed by atoms with Gasteiger partial charge in [-0.15, -0.1) is 4.44 Å². The van der Waals surface area contributed by atoms with Crippen molar-refractivity contribution in [2.45, 2.75) is 124 Å². The molecule has 35 heavy (non-hydrogen) atoms. The van der Waals surface area contributed by atoms with Crippen LogP contribution >= 0.6 is 48.7 Å². The van der Waals surface area contributed by atoms with E-state index >= 15 is 0 Å². The first-order valence-corrected chi connectivity index (χ1v) is 20.2. The van der Waals surface area contributed by atoms with Gasteiger partial charge in [-0.25, -0.2) is 0 Å². The van der Waals surface area contributed by atoms with Gasteiger partial charge in [0.25, 0.3) is 0 Å². The Labute approximate surface area is 234 Å². The fraction of sp³-hybridized carbons (Fsp3) is 0.760. The number of benzene rings is 1. The molecule has 2 rings (SSSR count). The molecule has 0 bridgehead atoms. The summed E-state index contributed by atoms with van der Waals surface area (Å²) in [6.45, 7) is 27.5. The van der Waals surface area contributed by atoms with Gasteiger partial charge in [-0.1, -0.05) is 95.2 Å². The summed E-state index contributed by atoms with van der Waals surface area (Å²) in [6, 6.07) is 4.82. The molecule has 10 heteroatoms. The molecular weight excluding hydrogens is 556 g/mol. The van der Waals surface area contributed by atoms with Crippen LogP contribution in [0.1, 0.15) is 119 Å². The lowest BCUT2D eigenvalue weighted by atomic mass is 9.74. The number of rotatable bonds is 5. The van der Waals surface area contributed by atoms with E-state index in [9.17, 15) is 0 Å². The maximum Gasteiger partial charge on any atom is 0.564 e. The number of halogens is 4. The van der Waals surface area contributed by atoms with E-state index in [2.05, 4.69) is 109 Å². The second-order valence-corrected chi connectivity index (χ2v) is 26.1. The lowest BCUT2D eigenvalue weighted by molar-refractivity contribution is -0.760. The molecule has 0 unspecified atom stereocenters. The molecule has 4 nitrogen and oxygen atoms in total. The van der Waals surface area contributed by atoms with Gasteiger partial charge < -0.3 is 40.2 Å². The van der Waals surface area contributed by atoms with Crippen LogP contribution in [0.3, 0.4) is 0 Å². The molecule has 1 aromatic carbocycles. The minimum atomic E-state index is -2.94. The predicted molar refractivity (Wildman–Crippen MR) is 158 cm³/mol. The van der Waals surface area contributed by atoms with Crippen LogP contribution in [-0.4, -0.2) is 24.3 Å². The third kappa shape index (κ3) is 9.28. The summed E-state index contributed by atoms with van der Waals surface area (Å²) in [7, 11) is 18.1. The van der Waals surface area contributed by atoms with Crippen molar-refractivity contribution >= 4 is 58.1 Å². The van der Waals surface area contributed by atoms with Gasteiger partial charge in [-0.05, 0) is 45.5 Å². The van der Waals surface area contributed by atoms with E-state index in [1.165, 1.54) is 22.4 Å². The first kappa shape index (κ1) is 33.4. The fourth-order valence-electron chi connectivity index (χ4n) is 4.07. The smallest absolute Gasteiger partial charge is 0.391 e. The van der Waals surface area contributed by atoms with E-state index in [1.807, 2.05) is 0 Å². The third-order valence-corrected chi connectivity index (χ3v) is 7.69. The molecular formula is C25H44AlCl4N4P. The van der Waals surface area contributed by atoms with Crippen LogP contribution in [0.15, 0.2) is 12.1 Å². The molecule has 2 aromatic rings. The van der Waals surface area contributed by atoms with Crippen molar-refractivity contribution in [1.29, 1.82) is 0 Å². The first-order chi connectivity index (χ1) is 15.6. The predicted octanol–water partition coefficient (Wildman–Crippen LogP) is 9.33.